The van der Waals surface area contributed by atoms with Crippen LogP contribution in [0.2, 0.25) is 0 Å². The fourth-order valence-corrected chi connectivity index (χ4v) is 10.3. The maximum absolute atomic E-state index is 4.96. The Balaban J connectivity index is 1.09. The topological polar surface area (TPSA) is 38.7 Å². The Bertz CT molecular complexity index is 3620. The molecule has 11 aromatic carbocycles. The van der Waals surface area contributed by atoms with Crippen molar-refractivity contribution in [2.75, 3.05) is 19.6 Å². The van der Waals surface area contributed by atoms with E-state index in [0.29, 0.717) is 0 Å². The van der Waals surface area contributed by atoms with Crippen LogP contribution < -0.4 is 19.6 Å². The van der Waals surface area contributed by atoms with E-state index in [2.05, 4.69) is 274 Å². The van der Waals surface area contributed by atoms with Crippen molar-refractivity contribution in [3.63, 3.8) is 0 Å². The van der Waals surface area contributed by atoms with Gasteiger partial charge in [-0.3, -0.25) is 9.97 Å². The lowest BCUT2D eigenvalue weighted by molar-refractivity contribution is 1.16. The SMILES string of the molecule is c1ccc(-c2ccc3c(c2)c2cc(N4c5ccc(N(c6ccccc6)c6ccccc6)cc5N(c5ccccc5)c5cc(N(c6ccccc6)c6ccccc6)ccc54)ccc2c2nccnc32)cc1. The van der Waals surface area contributed by atoms with Crippen LogP contribution in [0, 0.1) is 0 Å². The normalized spacial score (nSPS) is 11.9. The second kappa shape index (κ2) is 17.3. The summed E-state index contributed by atoms with van der Waals surface area (Å²) in [5, 5.41) is 4.36. The summed E-state index contributed by atoms with van der Waals surface area (Å²) in [7, 11) is 0. The summed E-state index contributed by atoms with van der Waals surface area (Å²) >= 11 is 0. The molecule has 1 aromatic heterocycles. The summed E-state index contributed by atoms with van der Waals surface area (Å²) in [5.41, 5.74) is 16.7. The van der Waals surface area contributed by atoms with Crippen LogP contribution in [0.15, 0.2) is 267 Å². The maximum atomic E-state index is 4.96. The molecule has 0 amide bonds. The van der Waals surface area contributed by atoms with E-state index < -0.39 is 0 Å². The zero-order valence-electron chi connectivity index (χ0n) is 38.1. The van der Waals surface area contributed by atoms with E-state index in [0.717, 1.165) is 106 Å². The lowest BCUT2D eigenvalue weighted by Gasteiger charge is -2.42. The molecule has 0 saturated heterocycles. The van der Waals surface area contributed by atoms with Crippen molar-refractivity contribution in [3.8, 4) is 11.1 Å². The summed E-state index contributed by atoms with van der Waals surface area (Å²) in [6.07, 6.45) is 3.59. The monoisotopic (exact) mass is 896 g/mol. The van der Waals surface area contributed by atoms with Crippen molar-refractivity contribution in [2.24, 2.45) is 0 Å². The van der Waals surface area contributed by atoms with Crippen molar-refractivity contribution in [1.82, 2.24) is 9.97 Å². The molecular weight excluding hydrogens is 853 g/mol. The zero-order valence-corrected chi connectivity index (χ0v) is 38.1. The number of hydrogen-bond acceptors (Lipinski definition) is 6. The van der Waals surface area contributed by atoms with E-state index in [1.165, 1.54) is 5.56 Å². The number of fused-ring (bicyclic) bond motifs is 8. The number of hydrogen-bond donors (Lipinski definition) is 0. The van der Waals surface area contributed by atoms with Crippen molar-refractivity contribution >= 4 is 101 Å². The van der Waals surface area contributed by atoms with Gasteiger partial charge in [-0.1, -0.05) is 140 Å². The third-order valence-electron chi connectivity index (χ3n) is 13.4. The molecule has 0 atom stereocenters. The van der Waals surface area contributed by atoms with Gasteiger partial charge in [0.1, 0.15) is 0 Å². The first-order valence-electron chi connectivity index (χ1n) is 23.6. The zero-order chi connectivity index (χ0) is 46.4. The van der Waals surface area contributed by atoms with Crippen molar-refractivity contribution < 1.29 is 0 Å². The fraction of sp³-hybridized carbons (Fsp3) is 0. The number of anilines is 12. The molecular formula is C64H44N6. The third kappa shape index (κ3) is 7.06. The second-order valence-corrected chi connectivity index (χ2v) is 17.5. The van der Waals surface area contributed by atoms with Gasteiger partial charge < -0.3 is 19.6 Å². The van der Waals surface area contributed by atoms with Gasteiger partial charge in [-0.05, 0) is 137 Å². The highest BCUT2D eigenvalue weighted by molar-refractivity contribution is 6.24. The number of nitrogens with zero attached hydrogens (tertiary/aromatic N) is 6. The van der Waals surface area contributed by atoms with Crippen LogP contribution in [0.4, 0.5) is 68.2 Å². The minimum absolute atomic E-state index is 0.886. The largest absolute Gasteiger partial charge is 0.310 e. The molecule has 0 unspecified atom stereocenters. The van der Waals surface area contributed by atoms with Crippen LogP contribution in [0.5, 0.6) is 0 Å². The molecule has 330 valence electrons. The van der Waals surface area contributed by atoms with Crippen LogP contribution >= 0.6 is 0 Å². The molecule has 0 aliphatic carbocycles. The molecule has 1 aliphatic rings. The molecule has 0 bridgehead atoms. The minimum Gasteiger partial charge on any atom is -0.310 e. The van der Waals surface area contributed by atoms with Gasteiger partial charge >= 0.3 is 0 Å². The first-order chi connectivity index (χ1) is 34.7. The summed E-state index contributed by atoms with van der Waals surface area (Å²) in [5.74, 6) is 0. The Morgan fingerprint density at radius 2 is 0.657 bits per heavy atom. The standard InChI is InChI=1S/C64H44N6/c1-7-19-45(20-8-1)46-31-35-55-57(41-46)58-42-52(32-36-56(58)64-63(55)65-39-40-66-64)70-59-37-33-53(67(47-21-9-2-10-22-47)48-23-11-3-12-24-48)43-61(59)69(51-29-17-6-18-30-51)62-44-54(34-38-60(62)70)68(49-25-13-4-14-26-49)50-27-15-5-16-28-50/h1-44H. The van der Waals surface area contributed by atoms with Gasteiger partial charge in [-0.15, -0.1) is 0 Å². The number of aromatic nitrogens is 2. The first-order valence-corrected chi connectivity index (χ1v) is 23.6. The lowest BCUT2D eigenvalue weighted by Crippen LogP contribution is -2.25. The molecule has 12 aromatic rings. The van der Waals surface area contributed by atoms with Crippen LogP contribution in [0.25, 0.3) is 43.7 Å². The highest BCUT2D eigenvalue weighted by Crippen LogP contribution is 2.57. The summed E-state index contributed by atoms with van der Waals surface area (Å²) in [6.45, 7) is 0. The lowest BCUT2D eigenvalue weighted by atomic mass is 9.94. The molecule has 13 rings (SSSR count). The second-order valence-electron chi connectivity index (χ2n) is 17.5. The molecule has 0 N–H and O–H groups in total. The first kappa shape index (κ1) is 40.7. The van der Waals surface area contributed by atoms with Gasteiger partial charge in [-0.25, -0.2) is 0 Å². The van der Waals surface area contributed by atoms with E-state index in [9.17, 15) is 0 Å². The summed E-state index contributed by atoms with van der Waals surface area (Å²) < 4.78 is 0. The van der Waals surface area contributed by atoms with Gasteiger partial charge in [-0.2, -0.15) is 0 Å². The maximum Gasteiger partial charge on any atom is 0.0971 e. The number of rotatable bonds is 9. The molecule has 6 heteroatoms. The van der Waals surface area contributed by atoms with Crippen LogP contribution in [0.1, 0.15) is 0 Å². The van der Waals surface area contributed by atoms with Gasteiger partial charge in [0.2, 0.25) is 0 Å². The van der Waals surface area contributed by atoms with E-state index in [-0.39, 0.29) is 0 Å². The molecule has 2 heterocycles. The number of para-hydroxylation sites is 5. The Labute approximate surface area is 406 Å². The molecule has 0 saturated carbocycles. The Kier molecular flexibility index (Phi) is 10.1. The van der Waals surface area contributed by atoms with Gasteiger partial charge in [0.25, 0.3) is 0 Å². The Morgan fingerprint density at radius 1 is 0.257 bits per heavy atom. The highest BCUT2D eigenvalue weighted by atomic mass is 15.3. The van der Waals surface area contributed by atoms with E-state index in [1.807, 2.05) is 0 Å². The molecule has 0 radical (unpaired) electrons. The smallest absolute Gasteiger partial charge is 0.0971 e. The Hall–Kier alpha value is -9.52. The molecule has 70 heavy (non-hydrogen) atoms. The average Bonchev–Trinajstić information content (AvgIpc) is 3.44. The molecule has 0 spiro atoms. The van der Waals surface area contributed by atoms with E-state index >= 15 is 0 Å². The van der Waals surface area contributed by atoms with Crippen LogP contribution in [0.3, 0.4) is 0 Å². The quantitative estimate of drug-likeness (QED) is 0.134. The summed E-state index contributed by atoms with van der Waals surface area (Å²) in [4.78, 5) is 19.4. The van der Waals surface area contributed by atoms with Gasteiger partial charge in [0.15, 0.2) is 0 Å². The molecule has 0 fully saturated rings. The summed E-state index contributed by atoms with van der Waals surface area (Å²) in [6, 6.07) is 91.2. The van der Waals surface area contributed by atoms with Gasteiger partial charge in [0.05, 0.1) is 33.8 Å². The Morgan fingerprint density at radius 3 is 1.13 bits per heavy atom. The van der Waals surface area contributed by atoms with Crippen LogP contribution in [-0.2, 0) is 0 Å². The van der Waals surface area contributed by atoms with Crippen molar-refractivity contribution in [1.29, 1.82) is 0 Å². The number of benzene rings is 11. The van der Waals surface area contributed by atoms with E-state index in [4.69, 9.17) is 9.97 Å². The minimum atomic E-state index is 0.886. The van der Waals surface area contributed by atoms with Crippen LogP contribution in [-0.4, -0.2) is 9.97 Å². The fourth-order valence-electron chi connectivity index (χ4n) is 10.3. The van der Waals surface area contributed by atoms with Gasteiger partial charge in [0, 0.05) is 68.7 Å². The predicted octanol–water partition coefficient (Wildman–Crippen LogP) is 17.8. The van der Waals surface area contributed by atoms with Crippen molar-refractivity contribution in [2.45, 2.75) is 0 Å². The molecule has 1 aliphatic heterocycles. The predicted molar refractivity (Wildman–Crippen MR) is 292 cm³/mol. The third-order valence-corrected chi connectivity index (χ3v) is 13.4. The highest BCUT2D eigenvalue weighted by Gasteiger charge is 2.33. The van der Waals surface area contributed by atoms with E-state index in [1.54, 1.807) is 12.4 Å². The average molecular weight is 897 g/mol. The van der Waals surface area contributed by atoms with Crippen molar-refractivity contribution in [3.05, 3.63) is 267 Å². The molecule has 6 nitrogen and oxygen atoms in total.